The van der Waals surface area contributed by atoms with E-state index in [9.17, 15) is 14.9 Å². The number of nitro groups is 1. The van der Waals surface area contributed by atoms with Crippen LogP contribution in [0.4, 0.5) is 0 Å². The van der Waals surface area contributed by atoms with E-state index in [1.165, 1.54) is 0 Å². The van der Waals surface area contributed by atoms with E-state index in [2.05, 4.69) is 31.4 Å². The van der Waals surface area contributed by atoms with Crippen LogP contribution in [0.2, 0.25) is 0 Å². The Kier molecular flexibility index (Phi) is 23.1. The fourth-order valence-corrected chi connectivity index (χ4v) is 1.74. The first kappa shape index (κ1) is 30.4. The highest BCUT2D eigenvalue weighted by molar-refractivity contribution is 6.41. The fraction of sp³-hybridized carbons (Fsp3) is 0.409. The van der Waals surface area contributed by atoms with Crippen molar-refractivity contribution >= 4 is 13.5 Å². The Morgan fingerprint density at radius 2 is 1.35 bits per heavy atom. The zero-order chi connectivity index (χ0) is 23.7. The Bertz CT molecular complexity index is 525. The molecule has 3 rings (SSSR count). The summed E-state index contributed by atoms with van der Waals surface area (Å²) in [6.45, 7) is 7.85. The van der Waals surface area contributed by atoms with Crippen LogP contribution in [0, 0.1) is 16.0 Å². The smallest absolute Gasteiger partial charge is 0.426 e. The molecule has 1 atom stereocenters. The first-order valence-corrected chi connectivity index (χ1v) is 10.2. The Balaban J connectivity index is 0. The maximum Gasteiger partial charge on any atom is 0.472 e. The van der Waals surface area contributed by atoms with Crippen molar-refractivity contribution in [2.24, 2.45) is 5.92 Å². The monoisotopic (exact) mass is 433 g/mol. The Labute approximate surface area is 186 Å². The van der Waals surface area contributed by atoms with E-state index in [1.807, 2.05) is 72.8 Å². The minimum atomic E-state index is -1.44. The van der Waals surface area contributed by atoms with E-state index in [1.54, 1.807) is 0 Å². The molecule has 1 amide bonds. The van der Waals surface area contributed by atoms with Gasteiger partial charge in [-0.3, -0.25) is 14.9 Å². The molecule has 1 saturated heterocycles. The van der Waals surface area contributed by atoms with Crippen LogP contribution in [0.1, 0.15) is 27.2 Å². The largest absolute Gasteiger partial charge is 0.472 e. The maximum absolute atomic E-state index is 9.97. The summed E-state index contributed by atoms with van der Waals surface area (Å²) in [5.41, 5.74) is 0. The predicted molar refractivity (Wildman–Crippen MR) is 126 cm³/mol. The summed E-state index contributed by atoms with van der Waals surface area (Å²) < 4.78 is 0. The highest BCUT2D eigenvalue weighted by Crippen LogP contribution is 1.99. The lowest BCUT2D eigenvalue weighted by Crippen LogP contribution is -2.29. The van der Waals surface area contributed by atoms with Crippen molar-refractivity contribution in [2.45, 2.75) is 33.2 Å². The summed E-state index contributed by atoms with van der Waals surface area (Å²) in [7, 11) is -1.44. The molecule has 2 aromatic carbocycles. The first-order chi connectivity index (χ1) is 14.8. The lowest BCUT2D eigenvalue weighted by atomic mass is 9.93. The number of hydrogen-bond donors (Lipinski definition) is 4. The SMILES string of the molecule is CC(C)C.O=CNCB(O)O.O=[N+]([O-])C1CCNC1.c1ccccc1.c1ccccc1. The van der Waals surface area contributed by atoms with E-state index < -0.39 is 7.12 Å². The average molecular weight is 433 g/mol. The zero-order valence-electron chi connectivity index (χ0n) is 18.6. The van der Waals surface area contributed by atoms with E-state index in [-0.39, 0.29) is 17.4 Å². The molecule has 172 valence electrons. The third-order valence-electron chi connectivity index (χ3n) is 3.05. The molecule has 0 radical (unpaired) electrons. The number of rotatable bonds is 4. The number of carbonyl (C=O) groups excluding carboxylic acids is 1. The first-order valence-electron chi connectivity index (χ1n) is 10.2. The molecular weight excluding hydrogens is 397 g/mol. The van der Waals surface area contributed by atoms with Gasteiger partial charge >= 0.3 is 7.12 Å². The number of carbonyl (C=O) groups is 1. The standard InChI is InChI=1S/2C6H6.C4H8N2O2.C4H10.C2H6BNO3/c2*1-2-4-6-5-3-1;7-6(8)4-1-2-5-3-4;1-4(2)3;5-2-4-1-3(6)7/h2*1-6H;4-5H,1-3H2;4H,1-3H3;2,6-7H,1H2,(H,4,5). The molecule has 0 bridgehead atoms. The molecule has 9 heteroatoms. The number of nitrogens with one attached hydrogen (secondary N) is 2. The summed E-state index contributed by atoms with van der Waals surface area (Å²) >= 11 is 0. The fourth-order valence-electron chi connectivity index (χ4n) is 1.74. The molecule has 4 N–H and O–H groups in total. The molecule has 0 saturated carbocycles. The van der Waals surface area contributed by atoms with E-state index >= 15 is 0 Å². The van der Waals surface area contributed by atoms with Crippen LogP contribution in [0.15, 0.2) is 72.8 Å². The van der Waals surface area contributed by atoms with Crippen LogP contribution in [-0.2, 0) is 4.79 Å². The van der Waals surface area contributed by atoms with Gasteiger partial charge in [0, 0.05) is 17.9 Å². The van der Waals surface area contributed by atoms with Crippen molar-refractivity contribution < 1.29 is 19.8 Å². The molecule has 1 aliphatic heterocycles. The molecule has 2 aromatic rings. The van der Waals surface area contributed by atoms with Gasteiger partial charge in [0.25, 0.3) is 0 Å². The Morgan fingerprint density at radius 1 is 1.00 bits per heavy atom. The van der Waals surface area contributed by atoms with Crippen molar-refractivity contribution in [2.75, 3.05) is 19.5 Å². The van der Waals surface area contributed by atoms with Crippen LogP contribution in [0.25, 0.3) is 0 Å². The highest BCUT2D eigenvalue weighted by atomic mass is 16.6. The average Bonchev–Trinajstić information content (AvgIpc) is 3.31. The second-order valence-corrected chi connectivity index (χ2v) is 6.98. The van der Waals surface area contributed by atoms with Crippen LogP contribution in [-0.4, -0.2) is 54.1 Å². The molecule has 8 nitrogen and oxygen atoms in total. The quantitative estimate of drug-likeness (QED) is 0.254. The minimum absolute atomic E-state index is 0.108. The van der Waals surface area contributed by atoms with Crippen LogP contribution >= 0.6 is 0 Å². The lowest BCUT2D eigenvalue weighted by molar-refractivity contribution is -0.517. The van der Waals surface area contributed by atoms with E-state index in [0.717, 1.165) is 12.5 Å². The van der Waals surface area contributed by atoms with Crippen molar-refractivity contribution in [3.8, 4) is 0 Å². The summed E-state index contributed by atoms with van der Waals surface area (Å²) in [6, 6.07) is 23.7. The second-order valence-electron chi connectivity index (χ2n) is 6.98. The topological polar surface area (TPSA) is 125 Å². The molecule has 31 heavy (non-hydrogen) atoms. The van der Waals surface area contributed by atoms with Gasteiger partial charge in [0.05, 0.1) is 13.0 Å². The molecule has 0 aliphatic carbocycles. The zero-order valence-corrected chi connectivity index (χ0v) is 18.6. The third kappa shape index (κ3) is 29.5. The maximum atomic E-state index is 9.97. The van der Waals surface area contributed by atoms with Gasteiger partial charge < -0.3 is 20.7 Å². The van der Waals surface area contributed by atoms with Gasteiger partial charge in [0.1, 0.15) is 0 Å². The van der Waals surface area contributed by atoms with Gasteiger partial charge in [-0.25, -0.2) is 0 Å². The van der Waals surface area contributed by atoms with E-state index in [4.69, 9.17) is 10.0 Å². The summed E-state index contributed by atoms with van der Waals surface area (Å²) in [5, 5.41) is 31.0. The van der Waals surface area contributed by atoms with Gasteiger partial charge in [-0.05, 0) is 5.92 Å². The van der Waals surface area contributed by atoms with Gasteiger partial charge in [-0.1, -0.05) is 93.6 Å². The van der Waals surface area contributed by atoms with Gasteiger partial charge in [0.15, 0.2) is 0 Å². The summed E-state index contributed by atoms with van der Waals surface area (Å²) in [6.07, 6.45) is 0.982. The number of nitrogens with zero attached hydrogens (tertiary/aromatic N) is 1. The van der Waals surface area contributed by atoms with Crippen molar-refractivity contribution in [1.29, 1.82) is 0 Å². The molecule has 1 fully saturated rings. The Hall–Kier alpha value is -2.75. The number of benzene rings is 2. The highest BCUT2D eigenvalue weighted by Gasteiger charge is 2.23. The second kappa shape index (κ2) is 23.5. The molecule has 0 spiro atoms. The summed E-state index contributed by atoms with van der Waals surface area (Å²) in [5.74, 6) is 0.833. The van der Waals surface area contributed by atoms with Crippen molar-refractivity contribution in [3.05, 3.63) is 82.9 Å². The normalized spacial score (nSPS) is 13.3. The van der Waals surface area contributed by atoms with Crippen molar-refractivity contribution in [1.82, 2.24) is 10.6 Å². The number of amides is 1. The van der Waals surface area contributed by atoms with Crippen LogP contribution in [0.3, 0.4) is 0 Å². The predicted octanol–water partition coefficient (Wildman–Crippen LogP) is 2.40. The van der Waals surface area contributed by atoms with E-state index in [0.29, 0.717) is 19.4 Å². The number of hydrogen-bond acceptors (Lipinski definition) is 6. The van der Waals surface area contributed by atoms with Crippen LogP contribution < -0.4 is 10.6 Å². The third-order valence-corrected chi connectivity index (χ3v) is 3.05. The van der Waals surface area contributed by atoms with Crippen molar-refractivity contribution in [3.63, 3.8) is 0 Å². The molecule has 0 aromatic heterocycles. The molecule has 1 unspecified atom stereocenters. The van der Waals surface area contributed by atoms with Gasteiger partial charge in [-0.2, -0.15) is 0 Å². The summed E-state index contributed by atoms with van der Waals surface area (Å²) in [4.78, 5) is 19.1. The van der Waals surface area contributed by atoms with Gasteiger partial charge in [-0.15, -0.1) is 0 Å². The van der Waals surface area contributed by atoms with Crippen LogP contribution in [0.5, 0.6) is 0 Å². The molecule has 1 heterocycles. The molecular formula is C22H36BN3O5. The Morgan fingerprint density at radius 3 is 1.48 bits per heavy atom. The minimum Gasteiger partial charge on any atom is -0.426 e. The lowest BCUT2D eigenvalue weighted by Gasteiger charge is -1.94. The van der Waals surface area contributed by atoms with Gasteiger partial charge in [0.2, 0.25) is 12.5 Å². The molecule has 1 aliphatic rings.